The zero-order valence-electron chi connectivity index (χ0n) is 15.5. The molecule has 6 nitrogen and oxygen atoms in total. The number of pyridine rings is 1. The predicted molar refractivity (Wildman–Crippen MR) is 98.8 cm³/mol. The van der Waals surface area contributed by atoms with Gasteiger partial charge in [0, 0.05) is 31.9 Å². The highest BCUT2D eigenvalue weighted by Crippen LogP contribution is 2.35. The number of anilines is 2. The summed E-state index contributed by atoms with van der Waals surface area (Å²) in [5.74, 6) is 0.569. The topological polar surface area (TPSA) is 57.7 Å². The molecule has 2 heterocycles. The molecule has 9 heteroatoms. The fourth-order valence-corrected chi connectivity index (χ4v) is 3.09. The van der Waals surface area contributed by atoms with Gasteiger partial charge in [0.25, 0.3) is 0 Å². The molecule has 1 saturated heterocycles. The molecule has 0 radical (unpaired) electrons. The standard InChI is InChI=1S/C19H21F3N4O2/c1-13-12-23-10-11-25(13)18(27)26(17-16(28-2)4-3-9-24-17)15-7-5-14(6-8-15)19(20,21)22/h3-9,13,23H,10-12H2,1-2H3/t13-/m1/s1. The van der Waals surface area contributed by atoms with Gasteiger partial charge in [-0.15, -0.1) is 0 Å². The molecule has 1 aromatic heterocycles. The van der Waals surface area contributed by atoms with Gasteiger partial charge in [-0.2, -0.15) is 13.2 Å². The lowest BCUT2D eigenvalue weighted by Crippen LogP contribution is -2.55. The van der Waals surface area contributed by atoms with Gasteiger partial charge in [-0.1, -0.05) is 0 Å². The SMILES string of the molecule is COc1cccnc1N(C(=O)N1CCNC[C@H]1C)c1ccc(C(F)(F)F)cc1. The first-order chi connectivity index (χ1) is 13.3. The van der Waals surface area contributed by atoms with Crippen LogP contribution in [0.5, 0.6) is 5.75 Å². The first-order valence-electron chi connectivity index (χ1n) is 8.80. The number of methoxy groups -OCH3 is 1. The predicted octanol–water partition coefficient (Wildman–Crippen LogP) is 3.66. The average Bonchev–Trinajstić information content (AvgIpc) is 2.68. The molecule has 1 aromatic carbocycles. The van der Waals surface area contributed by atoms with Crippen molar-refractivity contribution in [2.24, 2.45) is 0 Å². The van der Waals surface area contributed by atoms with Gasteiger partial charge in [0.1, 0.15) is 0 Å². The highest BCUT2D eigenvalue weighted by atomic mass is 19.4. The van der Waals surface area contributed by atoms with E-state index in [1.807, 2.05) is 6.92 Å². The lowest BCUT2D eigenvalue weighted by atomic mass is 10.1. The van der Waals surface area contributed by atoms with E-state index in [0.717, 1.165) is 12.1 Å². The molecule has 0 saturated carbocycles. The van der Waals surface area contributed by atoms with Gasteiger partial charge >= 0.3 is 12.2 Å². The molecule has 0 aliphatic carbocycles. The molecule has 0 spiro atoms. The zero-order chi connectivity index (χ0) is 20.3. The van der Waals surface area contributed by atoms with Crippen LogP contribution < -0.4 is 15.0 Å². The minimum atomic E-state index is -4.46. The van der Waals surface area contributed by atoms with Crippen LogP contribution in [0.2, 0.25) is 0 Å². The van der Waals surface area contributed by atoms with Crippen molar-refractivity contribution in [1.82, 2.24) is 15.2 Å². The summed E-state index contributed by atoms with van der Waals surface area (Å²) in [4.78, 5) is 20.6. The quantitative estimate of drug-likeness (QED) is 0.863. The molecule has 28 heavy (non-hydrogen) atoms. The summed E-state index contributed by atoms with van der Waals surface area (Å²) in [6.07, 6.45) is -2.95. The monoisotopic (exact) mass is 394 g/mol. The summed E-state index contributed by atoms with van der Waals surface area (Å²) in [6.45, 7) is 3.65. The van der Waals surface area contributed by atoms with Crippen molar-refractivity contribution in [2.45, 2.75) is 19.1 Å². The number of alkyl halides is 3. The number of halogens is 3. The van der Waals surface area contributed by atoms with E-state index in [-0.39, 0.29) is 23.6 Å². The van der Waals surface area contributed by atoms with Gasteiger partial charge in [0.05, 0.1) is 18.4 Å². The van der Waals surface area contributed by atoms with E-state index >= 15 is 0 Å². The number of hydrogen-bond acceptors (Lipinski definition) is 4. The molecular weight excluding hydrogens is 373 g/mol. The Kier molecular flexibility index (Phi) is 5.73. The summed E-state index contributed by atoms with van der Waals surface area (Å²) in [5, 5.41) is 3.21. The Hall–Kier alpha value is -2.81. The summed E-state index contributed by atoms with van der Waals surface area (Å²) in [7, 11) is 1.45. The second-order valence-corrected chi connectivity index (χ2v) is 6.44. The number of aromatic nitrogens is 1. The van der Waals surface area contributed by atoms with Crippen LogP contribution in [0.15, 0.2) is 42.6 Å². The maximum atomic E-state index is 13.4. The number of urea groups is 1. The van der Waals surface area contributed by atoms with Gasteiger partial charge in [-0.3, -0.25) is 0 Å². The summed E-state index contributed by atoms with van der Waals surface area (Å²) in [6, 6.07) is 7.29. The second-order valence-electron chi connectivity index (χ2n) is 6.44. The van der Waals surface area contributed by atoms with E-state index in [9.17, 15) is 18.0 Å². The van der Waals surface area contributed by atoms with Gasteiger partial charge in [0.2, 0.25) is 0 Å². The van der Waals surface area contributed by atoms with Crippen molar-refractivity contribution < 1.29 is 22.7 Å². The molecule has 3 rings (SSSR count). The molecule has 2 amide bonds. The molecule has 0 unspecified atom stereocenters. The van der Waals surface area contributed by atoms with Crippen LogP contribution in [0.3, 0.4) is 0 Å². The van der Waals surface area contributed by atoms with E-state index < -0.39 is 11.7 Å². The normalized spacial score (nSPS) is 17.3. The third kappa shape index (κ3) is 4.04. The molecule has 1 aliphatic heterocycles. The fraction of sp³-hybridized carbons (Fsp3) is 0.368. The number of amides is 2. The Morgan fingerprint density at radius 3 is 2.61 bits per heavy atom. The number of piperazine rings is 1. The third-order valence-electron chi connectivity index (χ3n) is 4.57. The second kappa shape index (κ2) is 8.05. The Morgan fingerprint density at radius 2 is 2.00 bits per heavy atom. The van der Waals surface area contributed by atoms with E-state index in [1.54, 1.807) is 17.0 Å². The van der Waals surface area contributed by atoms with Crippen molar-refractivity contribution >= 4 is 17.5 Å². The maximum Gasteiger partial charge on any atom is 0.416 e. The van der Waals surface area contributed by atoms with Crippen LogP contribution in [0.25, 0.3) is 0 Å². The first-order valence-corrected chi connectivity index (χ1v) is 8.80. The molecule has 0 bridgehead atoms. The highest BCUT2D eigenvalue weighted by molar-refractivity contribution is 6.00. The van der Waals surface area contributed by atoms with Crippen molar-refractivity contribution in [1.29, 1.82) is 0 Å². The Labute approximate surface area is 160 Å². The van der Waals surface area contributed by atoms with Gasteiger partial charge in [-0.05, 0) is 43.3 Å². The molecule has 2 aromatic rings. The summed E-state index contributed by atoms with van der Waals surface area (Å²) < 4.78 is 44.1. The van der Waals surface area contributed by atoms with Gasteiger partial charge in [0.15, 0.2) is 11.6 Å². The molecule has 1 N–H and O–H groups in total. The number of carbonyl (C=O) groups is 1. The van der Waals surface area contributed by atoms with Gasteiger partial charge in [-0.25, -0.2) is 14.7 Å². The first kappa shape index (κ1) is 19.9. The van der Waals surface area contributed by atoms with E-state index in [2.05, 4.69) is 10.3 Å². The van der Waals surface area contributed by atoms with Crippen LogP contribution in [0.1, 0.15) is 12.5 Å². The molecule has 150 valence electrons. The zero-order valence-corrected chi connectivity index (χ0v) is 15.5. The lowest BCUT2D eigenvalue weighted by Gasteiger charge is -2.37. The number of nitrogens with one attached hydrogen (secondary N) is 1. The number of nitrogens with zero attached hydrogens (tertiary/aromatic N) is 3. The number of benzene rings is 1. The van der Waals surface area contributed by atoms with E-state index in [4.69, 9.17) is 4.74 Å². The molecular formula is C19H21F3N4O2. The number of ether oxygens (including phenoxy) is 1. The highest BCUT2D eigenvalue weighted by Gasteiger charge is 2.33. The van der Waals surface area contributed by atoms with Crippen LogP contribution in [-0.4, -0.2) is 48.7 Å². The minimum absolute atomic E-state index is 0.0760. The number of hydrogen-bond donors (Lipinski definition) is 1. The fourth-order valence-electron chi connectivity index (χ4n) is 3.09. The van der Waals surface area contributed by atoms with Crippen LogP contribution in [0.4, 0.5) is 29.5 Å². The Bertz CT molecular complexity index is 827. The van der Waals surface area contributed by atoms with Gasteiger partial charge < -0.3 is 15.0 Å². The Morgan fingerprint density at radius 1 is 1.29 bits per heavy atom. The largest absolute Gasteiger partial charge is 0.493 e. The Balaban J connectivity index is 2.05. The van der Waals surface area contributed by atoms with Crippen molar-refractivity contribution in [3.63, 3.8) is 0 Å². The van der Waals surface area contributed by atoms with Crippen LogP contribution >= 0.6 is 0 Å². The summed E-state index contributed by atoms with van der Waals surface area (Å²) in [5.41, 5.74) is -0.507. The maximum absolute atomic E-state index is 13.4. The van der Waals surface area contributed by atoms with Crippen molar-refractivity contribution in [3.05, 3.63) is 48.2 Å². The van der Waals surface area contributed by atoms with Crippen LogP contribution in [-0.2, 0) is 6.18 Å². The van der Waals surface area contributed by atoms with Crippen molar-refractivity contribution in [2.75, 3.05) is 31.6 Å². The molecule has 1 aliphatic rings. The number of rotatable bonds is 3. The van der Waals surface area contributed by atoms with E-state index in [1.165, 1.54) is 30.3 Å². The van der Waals surface area contributed by atoms with E-state index in [0.29, 0.717) is 25.4 Å². The molecule has 1 fully saturated rings. The lowest BCUT2D eigenvalue weighted by molar-refractivity contribution is -0.137. The number of carbonyl (C=O) groups excluding carboxylic acids is 1. The summed E-state index contributed by atoms with van der Waals surface area (Å²) >= 11 is 0. The van der Waals surface area contributed by atoms with Crippen molar-refractivity contribution in [3.8, 4) is 5.75 Å². The third-order valence-corrected chi connectivity index (χ3v) is 4.57. The minimum Gasteiger partial charge on any atom is -0.493 e. The smallest absolute Gasteiger partial charge is 0.416 e. The average molecular weight is 394 g/mol. The van der Waals surface area contributed by atoms with Crippen LogP contribution in [0, 0.1) is 0 Å². The molecule has 1 atom stereocenters.